The van der Waals surface area contributed by atoms with E-state index in [2.05, 4.69) is 34.1 Å². The summed E-state index contributed by atoms with van der Waals surface area (Å²) in [5, 5.41) is 6.25. The molecule has 0 amide bonds. The first-order valence-corrected chi connectivity index (χ1v) is 10.5. The van der Waals surface area contributed by atoms with Crippen molar-refractivity contribution in [3.63, 3.8) is 0 Å². The Kier molecular flexibility index (Phi) is 3.86. The molecule has 0 spiro atoms. The van der Waals surface area contributed by atoms with Crippen LogP contribution in [-0.4, -0.2) is 33.9 Å². The summed E-state index contributed by atoms with van der Waals surface area (Å²) in [6, 6.07) is 10.1. The number of hydrogen-bond donors (Lipinski definition) is 1. The molecule has 0 saturated heterocycles. The fourth-order valence-electron chi connectivity index (χ4n) is 4.47. The van der Waals surface area contributed by atoms with E-state index in [1.165, 1.54) is 5.56 Å². The molecule has 5 heterocycles. The van der Waals surface area contributed by atoms with E-state index >= 15 is 0 Å². The molecule has 6 rings (SSSR count). The van der Waals surface area contributed by atoms with Crippen molar-refractivity contribution in [2.45, 2.75) is 13.3 Å². The second-order valence-electron chi connectivity index (χ2n) is 8.04. The predicted octanol–water partition coefficient (Wildman–Crippen LogP) is 3.72. The number of aromatic nitrogens is 7. The molecule has 0 aliphatic heterocycles. The van der Waals surface area contributed by atoms with Gasteiger partial charge in [-0.2, -0.15) is 5.10 Å². The van der Waals surface area contributed by atoms with Gasteiger partial charge in [-0.05, 0) is 47.9 Å². The van der Waals surface area contributed by atoms with Crippen molar-refractivity contribution < 1.29 is 0 Å². The number of benzene rings is 1. The Balaban J connectivity index is 1.74. The summed E-state index contributed by atoms with van der Waals surface area (Å²) < 4.78 is 5.10. The molecule has 8 nitrogen and oxygen atoms in total. The van der Waals surface area contributed by atoms with Crippen LogP contribution in [0.15, 0.2) is 59.9 Å². The van der Waals surface area contributed by atoms with Gasteiger partial charge in [0.05, 0.1) is 28.9 Å². The lowest BCUT2D eigenvalue weighted by Crippen LogP contribution is -2.21. The van der Waals surface area contributed by atoms with Crippen molar-refractivity contribution in [1.29, 1.82) is 0 Å². The van der Waals surface area contributed by atoms with Crippen molar-refractivity contribution in [2.24, 2.45) is 14.1 Å². The van der Waals surface area contributed by atoms with E-state index in [-0.39, 0.29) is 5.69 Å². The fourth-order valence-corrected chi connectivity index (χ4v) is 4.47. The number of nitrogens with one attached hydrogen (secondary N) is 1. The zero-order valence-corrected chi connectivity index (χ0v) is 18.0. The van der Waals surface area contributed by atoms with Gasteiger partial charge in [-0.15, -0.1) is 0 Å². The van der Waals surface area contributed by atoms with E-state index < -0.39 is 0 Å². The average molecular weight is 423 g/mol. The SMILES string of the molecule is CCc1cc2ncc3c(c2cc1-c1cnn(C)c1)n(-c1ccc2cc[nH]c2n1)c(=O)n3C. The Labute approximate surface area is 182 Å². The number of H-pyrrole nitrogens is 1. The molecule has 0 radical (unpaired) electrons. The summed E-state index contributed by atoms with van der Waals surface area (Å²) in [7, 11) is 3.68. The lowest BCUT2D eigenvalue weighted by atomic mass is 9.97. The standard InChI is InChI=1S/C24H21N7O/c1-4-14-9-19-18(10-17(14)16-11-27-29(2)13-16)22-20(12-26-19)30(3)24(32)31(22)21-6-5-15-7-8-25-23(15)28-21/h5-13H,4H2,1-3H3,(H,25,28). The molecular formula is C24H21N7O. The van der Waals surface area contributed by atoms with Gasteiger partial charge in [0.25, 0.3) is 0 Å². The largest absolute Gasteiger partial charge is 0.346 e. The summed E-state index contributed by atoms with van der Waals surface area (Å²) in [6.07, 6.45) is 8.36. The highest BCUT2D eigenvalue weighted by Crippen LogP contribution is 2.32. The number of pyridine rings is 2. The van der Waals surface area contributed by atoms with Crippen LogP contribution in [0.4, 0.5) is 0 Å². The molecule has 1 N–H and O–H groups in total. The molecule has 8 heteroatoms. The molecule has 32 heavy (non-hydrogen) atoms. The van der Waals surface area contributed by atoms with Gasteiger partial charge < -0.3 is 4.98 Å². The van der Waals surface area contributed by atoms with Crippen molar-refractivity contribution in [1.82, 2.24) is 33.9 Å². The van der Waals surface area contributed by atoms with Crippen LogP contribution in [-0.2, 0) is 20.5 Å². The quantitative estimate of drug-likeness (QED) is 0.470. The molecule has 0 aliphatic carbocycles. The molecular weight excluding hydrogens is 402 g/mol. The minimum Gasteiger partial charge on any atom is -0.346 e. The molecule has 0 fully saturated rings. The highest BCUT2D eigenvalue weighted by molar-refractivity contribution is 6.05. The number of imidazole rings is 1. The molecule has 5 aromatic heterocycles. The third kappa shape index (κ3) is 2.56. The molecule has 0 atom stereocenters. The van der Waals surface area contributed by atoms with Crippen molar-refractivity contribution in [2.75, 3.05) is 0 Å². The van der Waals surface area contributed by atoms with Crippen LogP contribution >= 0.6 is 0 Å². The molecule has 0 bridgehead atoms. The van der Waals surface area contributed by atoms with Gasteiger partial charge in [0.2, 0.25) is 0 Å². The first-order chi connectivity index (χ1) is 15.5. The first-order valence-electron chi connectivity index (χ1n) is 10.5. The molecule has 0 saturated carbocycles. The molecule has 0 unspecified atom stereocenters. The number of aromatic amines is 1. The number of nitrogens with zero attached hydrogens (tertiary/aromatic N) is 6. The maximum absolute atomic E-state index is 13.3. The van der Waals surface area contributed by atoms with Crippen molar-refractivity contribution in [3.8, 4) is 16.9 Å². The van der Waals surface area contributed by atoms with Gasteiger partial charge in [-0.25, -0.2) is 14.3 Å². The lowest BCUT2D eigenvalue weighted by molar-refractivity contribution is 0.768. The monoisotopic (exact) mass is 423 g/mol. The van der Waals surface area contributed by atoms with Gasteiger partial charge >= 0.3 is 5.69 Å². The number of fused-ring (bicyclic) bond motifs is 4. The second-order valence-corrected chi connectivity index (χ2v) is 8.04. The summed E-state index contributed by atoms with van der Waals surface area (Å²) in [5.41, 5.74) is 6.32. The van der Waals surface area contributed by atoms with Crippen LogP contribution in [0.5, 0.6) is 0 Å². The minimum atomic E-state index is -0.157. The maximum atomic E-state index is 13.3. The number of aryl methyl sites for hydroxylation is 3. The third-order valence-corrected chi connectivity index (χ3v) is 6.13. The van der Waals surface area contributed by atoms with E-state index in [9.17, 15) is 4.79 Å². The Bertz CT molecular complexity index is 1710. The maximum Gasteiger partial charge on any atom is 0.334 e. The molecule has 1 aromatic carbocycles. The Morgan fingerprint density at radius 1 is 1.09 bits per heavy atom. The van der Waals surface area contributed by atoms with Crippen LogP contribution in [0.1, 0.15) is 12.5 Å². The van der Waals surface area contributed by atoms with Gasteiger partial charge in [0, 0.05) is 42.8 Å². The van der Waals surface area contributed by atoms with Gasteiger partial charge in [0.1, 0.15) is 11.5 Å². The molecule has 0 aliphatic rings. The van der Waals surface area contributed by atoms with E-state index in [1.807, 2.05) is 43.8 Å². The Morgan fingerprint density at radius 2 is 1.97 bits per heavy atom. The van der Waals surface area contributed by atoms with Crippen LogP contribution in [0.2, 0.25) is 0 Å². The van der Waals surface area contributed by atoms with Crippen LogP contribution in [0, 0.1) is 0 Å². The van der Waals surface area contributed by atoms with E-state index in [1.54, 1.807) is 27.1 Å². The Hall–Kier alpha value is -4.20. The predicted molar refractivity (Wildman–Crippen MR) is 125 cm³/mol. The summed E-state index contributed by atoms with van der Waals surface area (Å²) in [4.78, 5) is 25.9. The summed E-state index contributed by atoms with van der Waals surface area (Å²) in [5.74, 6) is 0.575. The third-order valence-electron chi connectivity index (χ3n) is 6.13. The van der Waals surface area contributed by atoms with Gasteiger partial charge in [-0.1, -0.05) is 6.92 Å². The lowest BCUT2D eigenvalue weighted by Gasteiger charge is -2.11. The minimum absolute atomic E-state index is 0.157. The van der Waals surface area contributed by atoms with E-state index in [4.69, 9.17) is 4.98 Å². The number of hydrogen-bond acceptors (Lipinski definition) is 4. The van der Waals surface area contributed by atoms with Crippen LogP contribution in [0.3, 0.4) is 0 Å². The summed E-state index contributed by atoms with van der Waals surface area (Å²) >= 11 is 0. The van der Waals surface area contributed by atoms with Gasteiger partial charge in [-0.3, -0.25) is 14.2 Å². The molecule has 6 aromatic rings. The zero-order chi connectivity index (χ0) is 22.0. The smallest absolute Gasteiger partial charge is 0.334 e. The first kappa shape index (κ1) is 18.6. The van der Waals surface area contributed by atoms with Gasteiger partial charge in [0.15, 0.2) is 0 Å². The summed E-state index contributed by atoms with van der Waals surface area (Å²) in [6.45, 7) is 2.13. The molecule has 158 valence electrons. The number of rotatable bonds is 3. The van der Waals surface area contributed by atoms with E-state index in [0.29, 0.717) is 5.82 Å². The Morgan fingerprint density at radius 3 is 2.75 bits per heavy atom. The fraction of sp³-hybridized carbons (Fsp3) is 0.167. The topological polar surface area (TPSA) is 86.3 Å². The average Bonchev–Trinajstić information content (AvgIpc) is 3.51. The highest BCUT2D eigenvalue weighted by Gasteiger charge is 2.19. The van der Waals surface area contributed by atoms with Crippen LogP contribution < -0.4 is 5.69 Å². The van der Waals surface area contributed by atoms with E-state index in [0.717, 1.165) is 50.5 Å². The van der Waals surface area contributed by atoms with Crippen LogP contribution in [0.25, 0.3) is 49.9 Å². The van der Waals surface area contributed by atoms with Crippen molar-refractivity contribution >= 4 is 33.0 Å². The highest BCUT2D eigenvalue weighted by atomic mass is 16.1. The second kappa shape index (κ2) is 6.65. The normalized spacial score (nSPS) is 11.8. The zero-order valence-electron chi connectivity index (χ0n) is 18.0. The van der Waals surface area contributed by atoms with Crippen molar-refractivity contribution in [3.05, 3.63) is 71.2 Å².